The first-order valence-electron chi connectivity index (χ1n) is 5.99. The van der Waals surface area contributed by atoms with E-state index in [1.165, 1.54) is 6.07 Å². The van der Waals surface area contributed by atoms with Gasteiger partial charge in [0.1, 0.15) is 5.82 Å². The minimum absolute atomic E-state index is 0.0735. The lowest BCUT2D eigenvalue weighted by molar-refractivity contribution is 0.528. The summed E-state index contributed by atoms with van der Waals surface area (Å²) in [7, 11) is 0. The maximum atomic E-state index is 13.6. The second-order valence-electron chi connectivity index (χ2n) is 4.37. The summed E-state index contributed by atoms with van der Waals surface area (Å²) in [5.41, 5.74) is 1.67. The molecule has 2 aromatic rings. The maximum absolute atomic E-state index is 13.6. The van der Waals surface area contributed by atoms with E-state index in [2.05, 4.69) is 5.32 Å². The van der Waals surface area contributed by atoms with E-state index in [0.717, 1.165) is 5.56 Å². The van der Waals surface area contributed by atoms with Crippen LogP contribution in [0.1, 0.15) is 24.1 Å². The molecule has 0 saturated heterocycles. The Morgan fingerprint density at radius 1 is 1.11 bits per heavy atom. The lowest BCUT2D eigenvalue weighted by Gasteiger charge is -2.15. The van der Waals surface area contributed by atoms with E-state index in [1.807, 2.05) is 25.1 Å². The molecule has 0 amide bonds. The van der Waals surface area contributed by atoms with Gasteiger partial charge in [0, 0.05) is 18.2 Å². The molecule has 0 bridgehead atoms. The molecule has 1 unspecified atom stereocenters. The van der Waals surface area contributed by atoms with Crippen molar-refractivity contribution >= 4 is 23.2 Å². The van der Waals surface area contributed by atoms with Gasteiger partial charge in [0.05, 0.1) is 10.0 Å². The number of halogens is 3. The molecule has 0 aliphatic rings. The smallest absolute Gasteiger partial charge is 0.127 e. The van der Waals surface area contributed by atoms with Gasteiger partial charge in [-0.15, -0.1) is 0 Å². The summed E-state index contributed by atoms with van der Waals surface area (Å²) in [6.45, 7) is 2.53. The lowest BCUT2D eigenvalue weighted by atomic mass is 10.1. The predicted molar refractivity (Wildman–Crippen MR) is 78.1 cm³/mol. The molecule has 19 heavy (non-hydrogen) atoms. The first kappa shape index (κ1) is 14.3. The predicted octanol–water partition coefficient (Wildman–Crippen LogP) is 4.98. The molecule has 0 spiro atoms. The van der Waals surface area contributed by atoms with Crippen molar-refractivity contribution in [2.45, 2.75) is 19.5 Å². The normalized spacial score (nSPS) is 12.4. The molecule has 0 saturated carbocycles. The number of rotatable bonds is 4. The van der Waals surface area contributed by atoms with Crippen molar-refractivity contribution in [1.29, 1.82) is 0 Å². The van der Waals surface area contributed by atoms with E-state index in [-0.39, 0.29) is 11.9 Å². The molecule has 0 aliphatic carbocycles. The largest absolute Gasteiger partial charge is 0.306 e. The number of hydrogen-bond acceptors (Lipinski definition) is 1. The average molecular weight is 298 g/mol. The highest BCUT2D eigenvalue weighted by molar-refractivity contribution is 6.42. The maximum Gasteiger partial charge on any atom is 0.127 e. The van der Waals surface area contributed by atoms with Gasteiger partial charge in [-0.05, 0) is 30.7 Å². The average Bonchev–Trinajstić information content (AvgIpc) is 2.40. The second-order valence-corrected chi connectivity index (χ2v) is 5.19. The van der Waals surface area contributed by atoms with E-state index < -0.39 is 0 Å². The molecule has 0 aliphatic heterocycles. The summed E-state index contributed by atoms with van der Waals surface area (Å²) in [5, 5.41) is 4.32. The van der Waals surface area contributed by atoms with Gasteiger partial charge < -0.3 is 5.32 Å². The fraction of sp³-hybridized carbons (Fsp3) is 0.200. The van der Waals surface area contributed by atoms with Crippen molar-refractivity contribution in [2.24, 2.45) is 0 Å². The Morgan fingerprint density at radius 3 is 2.53 bits per heavy atom. The van der Waals surface area contributed by atoms with Crippen LogP contribution in [0.3, 0.4) is 0 Å². The lowest BCUT2D eigenvalue weighted by Crippen LogP contribution is -2.19. The van der Waals surface area contributed by atoms with Crippen LogP contribution in [0, 0.1) is 5.82 Å². The molecule has 2 aromatic carbocycles. The van der Waals surface area contributed by atoms with Gasteiger partial charge in [-0.1, -0.05) is 47.5 Å². The quantitative estimate of drug-likeness (QED) is 0.839. The highest BCUT2D eigenvalue weighted by atomic mass is 35.5. The van der Waals surface area contributed by atoms with Crippen LogP contribution in [-0.2, 0) is 6.54 Å². The zero-order chi connectivity index (χ0) is 13.8. The fourth-order valence-corrected chi connectivity index (χ4v) is 2.18. The monoisotopic (exact) mass is 297 g/mol. The highest BCUT2D eigenvalue weighted by Crippen LogP contribution is 2.23. The second kappa shape index (κ2) is 6.38. The van der Waals surface area contributed by atoms with Crippen molar-refractivity contribution in [3.8, 4) is 0 Å². The van der Waals surface area contributed by atoms with Crippen LogP contribution in [0.5, 0.6) is 0 Å². The summed E-state index contributed by atoms with van der Waals surface area (Å²) in [5.74, 6) is -0.198. The molecule has 4 heteroatoms. The Labute approximate surface area is 122 Å². The summed E-state index contributed by atoms with van der Waals surface area (Å²) in [6.07, 6.45) is 0. The molecule has 1 nitrogen and oxygen atoms in total. The molecule has 0 heterocycles. The Kier molecular flexibility index (Phi) is 4.81. The molecule has 100 valence electrons. The van der Waals surface area contributed by atoms with E-state index in [1.54, 1.807) is 18.2 Å². The Bertz CT molecular complexity index is 572. The molecule has 0 fully saturated rings. The fourth-order valence-electron chi connectivity index (χ4n) is 1.86. The topological polar surface area (TPSA) is 12.0 Å². The van der Waals surface area contributed by atoms with E-state index >= 15 is 0 Å². The minimum Gasteiger partial charge on any atom is -0.306 e. The first-order valence-corrected chi connectivity index (χ1v) is 6.75. The Hall–Kier alpha value is -1.09. The van der Waals surface area contributed by atoms with Crippen molar-refractivity contribution in [1.82, 2.24) is 5.32 Å². The van der Waals surface area contributed by atoms with Gasteiger partial charge in [-0.2, -0.15) is 0 Å². The zero-order valence-corrected chi connectivity index (χ0v) is 12.0. The molecule has 1 N–H and O–H groups in total. The number of benzene rings is 2. The van der Waals surface area contributed by atoms with Crippen molar-refractivity contribution in [2.75, 3.05) is 0 Å². The van der Waals surface area contributed by atoms with Gasteiger partial charge in [-0.3, -0.25) is 0 Å². The summed E-state index contributed by atoms with van der Waals surface area (Å²) < 4.78 is 13.6. The van der Waals surface area contributed by atoms with Crippen LogP contribution in [-0.4, -0.2) is 0 Å². The van der Waals surface area contributed by atoms with Crippen LogP contribution < -0.4 is 5.32 Å². The van der Waals surface area contributed by atoms with Gasteiger partial charge in [-0.25, -0.2) is 4.39 Å². The highest BCUT2D eigenvalue weighted by Gasteiger charge is 2.09. The van der Waals surface area contributed by atoms with Crippen molar-refractivity contribution in [3.63, 3.8) is 0 Å². The van der Waals surface area contributed by atoms with Crippen LogP contribution in [0.15, 0.2) is 42.5 Å². The van der Waals surface area contributed by atoms with Crippen LogP contribution in [0.25, 0.3) is 0 Å². The van der Waals surface area contributed by atoms with Crippen LogP contribution in [0.2, 0.25) is 10.0 Å². The molecular formula is C15H14Cl2FN. The molecule has 1 atom stereocenters. The third-order valence-electron chi connectivity index (χ3n) is 2.97. The summed E-state index contributed by atoms with van der Waals surface area (Å²) in [6, 6.07) is 12.2. The first-order chi connectivity index (χ1) is 9.08. The standard InChI is InChI=1S/C15H14Cl2FN/c1-10(12-4-2-3-5-15(12)18)19-9-11-6-7-13(16)14(17)8-11/h2-8,10,19H,9H2,1H3. The van der Waals surface area contributed by atoms with E-state index in [4.69, 9.17) is 23.2 Å². The SMILES string of the molecule is CC(NCc1ccc(Cl)c(Cl)c1)c1ccccc1F. The van der Waals surface area contributed by atoms with Crippen LogP contribution in [0.4, 0.5) is 4.39 Å². The van der Waals surface area contributed by atoms with Gasteiger partial charge in [0.15, 0.2) is 0 Å². The number of hydrogen-bond donors (Lipinski definition) is 1. The molecule has 0 aromatic heterocycles. The zero-order valence-electron chi connectivity index (χ0n) is 10.5. The van der Waals surface area contributed by atoms with E-state index in [9.17, 15) is 4.39 Å². The van der Waals surface area contributed by atoms with Gasteiger partial charge in [0.2, 0.25) is 0 Å². The third-order valence-corrected chi connectivity index (χ3v) is 3.71. The van der Waals surface area contributed by atoms with Crippen molar-refractivity contribution < 1.29 is 4.39 Å². The molecular weight excluding hydrogens is 284 g/mol. The Morgan fingerprint density at radius 2 is 1.84 bits per heavy atom. The Balaban J connectivity index is 2.02. The third kappa shape index (κ3) is 3.69. The molecule has 2 rings (SSSR count). The minimum atomic E-state index is -0.198. The van der Waals surface area contributed by atoms with Crippen molar-refractivity contribution in [3.05, 3.63) is 69.5 Å². The van der Waals surface area contributed by atoms with Gasteiger partial charge >= 0.3 is 0 Å². The molecule has 0 radical (unpaired) electrons. The number of nitrogens with one attached hydrogen (secondary N) is 1. The summed E-state index contributed by atoms with van der Waals surface area (Å²) in [4.78, 5) is 0. The van der Waals surface area contributed by atoms with E-state index in [0.29, 0.717) is 22.2 Å². The van der Waals surface area contributed by atoms with Gasteiger partial charge in [0.25, 0.3) is 0 Å². The van der Waals surface area contributed by atoms with Crippen LogP contribution >= 0.6 is 23.2 Å². The summed E-state index contributed by atoms with van der Waals surface area (Å²) >= 11 is 11.8.